The van der Waals surface area contributed by atoms with Crippen molar-refractivity contribution in [2.24, 2.45) is 0 Å². The lowest BCUT2D eigenvalue weighted by Crippen LogP contribution is -2.50. The molecule has 14 heavy (non-hydrogen) atoms. The Kier molecular flexibility index (Phi) is 3.10. The molecule has 3 amide bonds. The highest BCUT2D eigenvalue weighted by atomic mass is 32.2. The highest BCUT2D eigenvalue weighted by Gasteiger charge is 2.23. The molecule has 0 atom stereocenters. The van der Waals surface area contributed by atoms with E-state index in [9.17, 15) is 18.0 Å². The fourth-order valence-electron chi connectivity index (χ4n) is 1.09. The number of hydrogen-bond acceptors (Lipinski definition) is 4. The maximum Gasteiger partial charge on any atom is 0.324 e. The van der Waals surface area contributed by atoms with E-state index in [-0.39, 0.29) is 24.6 Å². The van der Waals surface area contributed by atoms with Gasteiger partial charge in [-0.1, -0.05) is 0 Å². The summed E-state index contributed by atoms with van der Waals surface area (Å²) in [5.74, 6) is -0.389. The third kappa shape index (κ3) is 3.33. The maximum atomic E-state index is 11.1. The molecule has 0 aromatic rings. The molecule has 1 N–H and O–H groups in total. The van der Waals surface area contributed by atoms with Crippen LogP contribution in [0.2, 0.25) is 0 Å². The smallest absolute Gasteiger partial charge is 0.323 e. The molecule has 7 heteroatoms. The first-order valence-corrected chi connectivity index (χ1v) is 6.21. The molecule has 0 spiro atoms. The van der Waals surface area contributed by atoms with E-state index in [0.717, 1.165) is 6.26 Å². The average Bonchev–Trinajstić information content (AvgIpc) is 2.00. The van der Waals surface area contributed by atoms with E-state index in [2.05, 4.69) is 5.32 Å². The SMILES string of the molecule is CS(=O)(=O)CCN1CCC(=O)NC1=O. The van der Waals surface area contributed by atoms with Gasteiger partial charge in [-0.3, -0.25) is 10.1 Å². The molecule has 0 aromatic carbocycles. The minimum absolute atomic E-state index is 0.0748. The Labute approximate surface area is 82.2 Å². The van der Waals surface area contributed by atoms with Gasteiger partial charge in [0.1, 0.15) is 9.84 Å². The van der Waals surface area contributed by atoms with Crippen LogP contribution in [-0.2, 0) is 14.6 Å². The summed E-state index contributed by atoms with van der Waals surface area (Å²) in [6.07, 6.45) is 1.34. The van der Waals surface area contributed by atoms with Gasteiger partial charge in [-0.05, 0) is 0 Å². The molecule has 1 aliphatic heterocycles. The van der Waals surface area contributed by atoms with Crippen molar-refractivity contribution in [3.8, 4) is 0 Å². The van der Waals surface area contributed by atoms with Crippen molar-refractivity contribution in [2.45, 2.75) is 6.42 Å². The number of sulfone groups is 1. The van der Waals surface area contributed by atoms with Gasteiger partial charge in [0.05, 0.1) is 5.75 Å². The summed E-state index contributed by atoms with van der Waals surface area (Å²) in [4.78, 5) is 23.2. The second-order valence-electron chi connectivity index (χ2n) is 3.22. The van der Waals surface area contributed by atoms with Crippen LogP contribution in [0.5, 0.6) is 0 Å². The summed E-state index contributed by atoms with van der Waals surface area (Å²) in [5, 5.41) is 2.12. The number of hydrogen-bond donors (Lipinski definition) is 1. The summed E-state index contributed by atoms with van der Waals surface area (Å²) in [5.41, 5.74) is 0. The molecular weight excluding hydrogens is 208 g/mol. The number of imide groups is 1. The first kappa shape index (κ1) is 11.0. The zero-order valence-corrected chi connectivity index (χ0v) is 8.63. The molecule has 0 bridgehead atoms. The van der Waals surface area contributed by atoms with E-state index in [1.807, 2.05) is 0 Å². The van der Waals surface area contributed by atoms with Gasteiger partial charge in [0.15, 0.2) is 0 Å². The molecule has 1 rings (SSSR count). The van der Waals surface area contributed by atoms with E-state index < -0.39 is 15.9 Å². The van der Waals surface area contributed by atoms with Crippen LogP contribution < -0.4 is 5.32 Å². The number of rotatable bonds is 3. The second kappa shape index (κ2) is 3.95. The molecular formula is C7H12N2O4S. The van der Waals surface area contributed by atoms with E-state index >= 15 is 0 Å². The summed E-state index contributed by atoms with van der Waals surface area (Å²) in [7, 11) is -3.07. The molecule has 0 aliphatic carbocycles. The van der Waals surface area contributed by atoms with Crippen LogP contribution in [0.3, 0.4) is 0 Å². The van der Waals surface area contributed by atoms with Crippen molar-refractivity contribution in [1.82, 2.24) is 10.2 Å². The van der Waals surface area contributed by atoms with Crippen LogP contribution in [-0.4, -0.2) is 50.4 Å². The van der Waals surface area contributed by atoms with Crippen LogP contribution in [0.15, 0.2) is 0 Å². The Morgan fingerprint density at radius 3 is 2.57 bits per heavy atom. The summed E-state index contributed by atoms with van der Waals surface area (Å²) in [6.45, 7) is 0.429. The van der Waals surface area contributed by atoms with Crippen LogP contribution in [0.4, 0.5) is 4.79 Å². The average molecular weight is 220 g/mol. The minimum atomic E-state index is -3.07. The molecule has 0 saturated carbocycles. The maximum absolute atomic E-state index is 11.1. The molecule has 0 unspecified atom stereocenters. The molecule has 1 heterocycles. The van der Waals surface area contributed by atoms with Crippen molar-refractivity contribution in [3.05, 3.63) is 0 Å². The van der Waals surface area contributed by atoms with E-state index in [0.29, 0.717) is 6.54 Å². The van der Waals surface area contributed by atoms with Gasteiger partial charge in [-0.25, -0.2) is 13.2 Å². The van der Waals surface area contributed by atoms with Crippen molar-refractivity contribution >= 4 is 21.8 Å². The molecule has 0 aromatic heterocycles. The van der Waals surface area contributed by atoms with E-state index in [4.69, 9.17) is 0 Å². The van der Waals surface area contributed by atoms with Crippen molar-refractivity contribution in [2.75, 3.05) is 25.1 Å². The topological polar surface area (TPSA) is 83.6 Å². The van der Waals surface area contributed by atoms with Crippen molar-refractivity contribution < 1.29 is 18.0 Å². The zero-order valence-electron chi connectivity index (χ0n) is 7.82. The Morgan fingerprint density at radius 1 is 1.43 bits per heavy atom. The van der Waals surface area contributed by atoms with E-state index in [1.54, 1.807) is 0 Å². The summed E-state index contributed by atoms with van der Waals surface area (Å²) < 4.78 is 21.6. The molecule has 6 nitrogen and oxygen atoms in total. The van der Waals surface area contributed by atoms with Crippen LogP contribution in [0.25, 0.3) is 0 Å². The third-order valence-electron chi connectivity index (χ3n) is 1.87. The molecule has 1 aliphatic rings. The monoisotopic (exact) mass is 220 g/mol. The highest BCUT2D eigenvalue weighted by molar-refractivity contribution is 7.90. The lowest BCUT2D eigenvalue weighted by atomic mass is 10.3. The fourth-order valence-corrected chi connectivity index (χ4v) is 1.64. The molecule has 1 saturated heterocycles. The molecule has 0 radical (unpaired) electrons. The first-order valence-electron chi connectivity index (χ1n) is 4.15. The fraction of sp³-hybridized carbons (Fsp3) is 0.714. The number of nitrogens with zero attached hydrogens (tertiary/aromatic N) is 1. The largest absolute Gasteiger partial charge is 0.324 e. The summed E-state index contributed by atoms with van der Waals surface area (Å²) in [6, 6.07) is -0.509. The van der Waals surface area contributed by atoms with Gasteiger partial charge in [0.25, 0.3) is 0 Å². The Hall–Kier alpha value is -1.11. The van der Waals surface area contributed by atoms with Gasteiger partial charge in [-0.15, -0.1) is 0 Å². The predicted octanol–water partition coefficient (Wildman–Crippen LogP) is -1.03. The third-order valence-corrected chi connectivity index (χ3v) is 2.80. The van der Waals surface area contributed by atoms with E-state index in [1.165, 1.54) is 4.90 Å². The lowest BCUT2D eigenvalue weighted by Gasteiger charge is -2.25. The minimum Gasteiger partial charge on any atom is -0.323 e. The lowest BCUT2D eigenvalue weighted by molar-refractivity contribution is -0.121. The summed E-state index contributed by atoms with van der Waals surface area (Å²) >= 11 is 0. The van der Waals surface area contributed by atoms with Gasteiger partial charge in [0, 0.05) is 25.8 Å². The Balaban J connectivity index is 2.46. The van der Waals surface area contributed by atoms with Gasteiger partial charge in [0.2, 0.25) is 5.91 Å². The van der Waals surface area contributed by atoms with Gasteiger partial charge >= 0.3 is 6.03 Å². The number of nitrogens with one attached hydrogen (secondary N) is 1. The van der Waals surface area contributed by atoms with Gasteiger partial charge < -0.3 is 4.90 Å². The van der Waals surface area contributed by atoms with Crippen LogP contribution in [0, 0.1) is 0 Å². The second-order valence-corrected chi connectivity index (χ2v) is 5.48. The number of amides is 3. The number of urea groups is 1. The standard InChI is InChI=1S/C7H12N2O4S/c1-14(12,13)5-4-9-3-2-6(10)8-7(9)11/h2-5H2,1H3,(H,8,10,11). The highest BCUT2D eigenvalue weighted by Crippen LogP contribution is 2.00. The first-order chi connectivity index (χ1) is 6.38. The predicted molar refractivity (Wildman–Crippen MR) is 49.4 cm³/mol. The molecule has 80 valence electrons. The Morgan fingerprint density at radius 2 is 2.07 bits per heavy atom. The van der Waals surface area contributed by atoms with Crippen molar-refractivity contribution in [3.63, 3.8) is 0 Å². The van der Waals surface area contributed by atoms with Crippen LogP contribution in [0.1, 0.15) is 6.42 Å². The number of carbonyl (C=O) groups excluding carboxylic acids is 2. The Bertz CT molecular complexity index is 349. The number of carbonyl (C=O) groups is 2. The van der Waals surface area contributed by atoms with Crippen molar-refractivity contribution in [1.29, 1.82) is 0 Å². The van der Waals surface area contributed by atoms with Crippen LogP contribution >= 0.6 is 0 Å². The molecule has 1 fully saturated rings. The quantitative estimate of drug-likeness (QED) is 0.659. The zero-order chi connectivity index (χ0) is 10.8. The van der Waals surface area contributed by atoms with Gasteiger partial charge in [-0.2, -0.15) is 0 Å². The normalized spacial score (nSPS) is 18.2.